The number of benzene rings is 1. The third-order valence-electron chi connectivity index (χ3n) is 5.32. The number of nitrogens with zero attached hydrogens (tertiary/aromatic N) is 2. The molecule has 0 radical (unpaired) electrons. The van der Waals surface area contributed by atoms with Gasteiger partial charge in [-0.2, -0.15) is 4.68 Å². The van der Waals surface area contributed by atoms with Crippen LogP contribution in [0.25, 0.3) is 11.5 Å². The van der Waals surface area contributed by atoms with Crippen LogP contribution in [0, 0.1) is 11.8 Å². The number of carbonyl (C=O) groups is 2. The van der Waals surface area contributed by atoms with Gasteiger partial charge in [0.05, 0.1) is 0 Å². The number of esters is 1. The van der Waals surface area contributed by atoms with Crippen molar-refractivity contribution in [1.82, 2.24) is 15.1 Å². The van der Waals surface area contributed by atoms with Crippen LogP contribution in [-0.4, -0.2) is 34.3 Å². The number of amides is 1. The molecular weight excluding hydrogens is 362 g/mol. The van der Waals surface area contributed by atoms with Crippen LogP contribution in [0.1, 0.15) is 33.1 Å². The highest BCUT2D eigenvalue weighted by atomic mass is 16.5. The lowest BCUT2D eigenvalue weighted by molar-refractivity contribution is -0.149. The lowest BCUT2D eigenvalue weighted by atomic mass is 9.78. The number of ether oxygens (including phenoxy) is 1. The molecule has 0 unspecified atom stereocenters. The van der Waals surface area contributed by atoms with Crippen molar-refractivity contribution >= 4 is 11.9 Å². The average Bonchev–Trinajstić information content (AvgIpc) is 3.05. The van der Waals surface area contributed by atoms with Gasteiger partial charge in [0.25, 0.3) is 5.91 Å². The van der Waals surface area contributed by atoms with Gasteiger partial charge in [0.15, 0.2) is 6.61 Å². The summed E-state index contributed by atoms with van der Waals surface area (Å²) in [6, 6.07) is 8.98. The first-order valence-corrected chi connectivity index (χ1v) is 9.52. The molecule has 3 atom stereocenters. The number of nitrogens with one attached hydrogen (secondary N) is 1. The predicted octanol–water partition coefficient (Wildman–Crippen LogP) is 1.99. The Bertz CT molecular complexity index is 873. The van der Waals surface area contributed by atoms with Crippen LogP contribution in [0.2, 0.25) is 0 Å². The van der Waals surface area contributed by atoms with E-state index in [1.54, 1.807) is 24.3 Å². The Morgan fingerprint density at radius 3 is 2.75 bits per heavy atom. The van der Waals surface area contributed by atoms with Crippen molar-refractivity contribution in [3.63, 3.8) is 0 Å². The zero-order valence-electron chi connectivity index (χ0n) is 16.1. The highest BCUT2D eigenvalue weighted by molar-refractivity contribution is 5.80. The second-order valence-electron chi connectivity index (χ2n) is 7.30. The molecule has 1 heterocycles. The fourth-order valence-corrected chi connectivity index (χ4v) is 3.45. The molecule has 0 spiro atoms. The summed E-state index contributed by atoms with van der Waals surface area (Å²) in [5.41, 5.74) is 0.627. The number of hydrogen-bond donors (Lipinski definition) is 1. The number of carbonyl (C=O) groups excluding carboxylic acids is 2. The largest absolute Gasteiger partial charge is 0.454 e. The van der Waals surface area contributed by atoms with Gasteiger partial charge in [0.1, 0.15) is 6.54 Å². The van der Waals surface area contributed by atoms with Crippen LogP contribution in [0.3, 0.4) is 0 Å². The predicted molar refractivity (Wildman–Crippen MR) is 101 cm³/mol. The van der Waals surface area contributed by atoms with Gasteiger partial charge in [-0.25, -0.2) is 4.79 Å². The van der Waals surface area contributed by atoms with E-state index in [4.69, 9.17) is 9.15 Å². The van der Waals surface area contributed by atoms with E-state index in [0.29, 0.717) is 17.4 Å². The minimum Gasteiger partial charge on any atom is -0.454 e. The monoisotopic (exact) mass is 387 g/mol. The van der Waals surface area contributed by atoms with Crippen LogP contribution in [0.5, 0.6) is 0 Å². The summed E-state index contributed by atoms with van der Waals surface area (Å²) in [7, 11) is 0. The molecule has 1 aromatic carbocycles. The van der Waals surface area contributed by atoms with Crippen LogP contribution >= 0.6 is 0 Å². The van der Waals surface area contributed by atoms with E-state index < -0.39 is 18.3 Å². The van der Waals surface area contributed by atoms with Gasteiger partial charge in [-0.3, -0.25) is 9.59 Å². The van der Waals surface area contributed by atoms with Crippen molar-refractivity contribution in [2.24, 2.45) is 11.8 Å². The van der Waals surface area contributed by atoms with Crippen molar-refractivity contribution in [3.05, 3.63) is 40.9 Å². The van der Waals surface area contributed by atoms with Crippen LogP contribution in [0.4, 0.5) is 0 Å². The second kappa shape index (κ2) is 8.86. The zero-order valence-corrected chi connectivity index (χ0v) is 16.1. The highest BCUT2D eigenvalue weighted by Gasteiger charge is 2.28. The first-order valence-electron chi connectivity index (χ1n) is 9.52. The molecule has 1 N–H and O–H groups in total. The summed E-state index contributed by atoms with van der Waals surface area (Å²) in [6.07, 6.45) is 3.18. The first-order chi connectivity index (χ1) is 13.4. The van der Waals surface area contributed by atoms with Gasteiger partial charge in [-0.1, -0.05) is 44.9 Å². The van der Waals surface area contributed by atoms with Crippen LogP contribution in [0.15, 0.2) is 39.5 Å². The van der Waals surface area contributed by atoms with Gasteiger partial charge in [0.2, 0.25) is 5.89 Å². The topological polar surface area (TPSA) is 103 Å². The molecule has 3 rings (SSSR count). The Balaban J connectivity index is 1.50. The zero-order chi connectivity index (χ0) is 20.1. The van der Waals surface area contributed by atoms with Gasteiger partial charge in [-0.15, -0.1) is 5.10 Å². The molecule has 28 heavy (non-hydrogen) atoms. The molecule has 1 fully saturated rings. The second-order valence-corrected chi connectivity index (χ2v) is 7.30. The summed E-state index contributed by atoms with van der Waals surface area (Å²) in [6.45, 7) is 3.51. The normalized spacial score (nSPS) is 21.9. The molecule has 0 bridgehead atoms. The highest BCUT2D eigenvalue weighted by Crippen LogP contribution is 2.29. The van der Waals surface area contributed by atoms with Crippen molar-refractivity contribution in [2.45, 2.75) is 45.7 Å². The van der Waals surface area contributed by atoms with E-state index in [1.807, 2.05) is 6.07 Å². The van der Waals surface area contributed by atoms with E-state index >= 15 is 0 Å². The molecule has 8 heteroatoms. The van der Waals surface area contributed by atoms with E-state index in [-0.39, 0.29) is 24.4 Å². The molecule has 0 saturated heterocycles. The third kappa shape index (κ3) is 4.88. The molecule has 2 aromatic rings. The summed E-state index contributed by atoms with van der Waals surface area (Å²) in [5.74, 6) is -0.758. The maximum absolute atomic E-state index is 12.1. The Morgan fingerprint density at radius 1 is 1.25 bits per heavy atom. The van der Waals surface area contributed by atoms with E-state index in [0.717, 1.165) is 17.5 Å². The minimum absolute atomic E-state index is 0.0987. The minimum atomic E-state index is -0.759. The summed E-state index contributed by atoms with van der Waals surface area (Å²) in [4.78, 5) is 35.9. The van der Waals surface area contributed by atoms with Gasteiger partial charge >= 0.3 is 11.7 Å². The molecule has 1 aliphatic carbocycles. The Hall–Kier alpha value is -2.90. The van der Waals surface area contributed by atoms with E-state index in [9.17, 15) is 14.4 Å². The SMILES string of the molecule is C[C@@H]1[C@@H](C)CCC[C@H]1NC(=O)COC(=O)Cn1nc(-c2ccccc2)oc1=O. The Morgan fingerprint density at radius 2 is 2.00 bits per heavy atom. The summed E-state index contributed by atoms with van der Waals surface area (Å²) in [5, 5.41) is 6.93. The van der Waals surface area contributed by atoms with Gasteiger partial charge in [0, 0.05) is 11.6 Å². The van der Waals surface area contributed by atoms with Gasteiger partial charge in [-0.05, 0) is 30.4 Å². The maximum atomic E-state index is 12.1. The molecule has 1 aliphatic rings. The van der Waals surface area contributed by atoms with E-state index in [1.165, 1.54) is 6.42 Å². The molecule has 1 aromatic heterocycles. The Labute approximate surface area is 162 Å². The molecule has 1 amide bonds. The third-order valence-corrected chi connectivity index (χ3v) is 5.32. The summed E-state index contributed by atoms with van der Waals surface area (Å²) >= 11 is 0. The summed E-state index contributed by atoms with van der Waals surface area (Å²) < 4.78 is 10.9. The van der Waals surface area contributed by atoms with Crippen molar-refractivity contribution in [1.29, 1.82) is 0 Å². The lowest BCUT2D eigenvalue weighted by Crippen LogP contribution is -2.45. The fourth-order valence-electron chi connectivity index (χ4n) is 3.45. The quantitative estimate of drug-likeness (QED) is 0.760. The first kappa shape index (κ1) is 19.9. The number of rotatable bonds is 6. The average molecular weight is 387 g/mol. The maximum Gasteiger partial charge on any atom is 0.437 e. The smallest absolute Gasteiger partial charge is 0.437 e. The number of aromatic nitrogens is 2. The molecule has 150 valence electrons. The van der Waals surface area contributed by atoms with E-state index in [2.05, 4.69) is 24.3 Å². The molecular formula is C20H25N3O5. The van der Waals surface area contributed by atoms with Crippen molar-refractivity contribution in [3.8, 4) is 11.5 Å². The van der Waals surface area contributed by atoms with Gasteiger partial charge < -0.3 is 14.5 Å². The molecule has 0 aliphatic heterocycles. The standard InChI is InChI=1S/C20H25N3O5/c1-13-7-6-10-16(14(13)2)21-17(24)12-27-18(25)11-23-20(26)28-19(22-23)15-8-4-3-5-9-15/h3-5,8-9,13-14,16H,6-7,10-12H2,1-2H3,(H,21,24)/t13-,14+,16+/m0/s1. The van der Waals surface area contributed by atoms with Crippen molar-refractivity contribution in [2.75, 3.05) is 6.61 Å². The fraction of sp³-hybridized carbons (Fsp3) is 0.500. The van der Waals surface area contributed by atoms with Crippen LogP contribution in [-0.2, 0) is 20.9 Å². The van der Waals surface area contributed by atoms with Crippen LogP contribution < -0.4 is 11.1 Å². The molecule has 8 nitrogen and oxygen atoms in total. The Kier molecular flexibility index (Phi) is 6.28. The van der Waals surface area contributed by atoms with Crippen molar-refractivity contribution < 1.29 is 18.7 Å². The lowest BCUT2D eigenvalue weighted by Gasteiger charge is -2.34. The number of hydrogen-bond acceptors (Lipinski definition) is 6. The molecule has 1 saturated carbocycles.